The van der Waals surface area contributed by atoms with Gasteiger partial charge in [-0.3, -0.25) is 14.2 Å². The van der Waals surface area contributed by atoms with E-state index in [9.17, 15) is 4.57 Å². The summed E-state index contributed by atoms with van der Waals surface area (Å²) in [7, 11) is -4.33. The molecule has 0 fully saturated rings. The summed E-state index contributed by atoms with van der Waals surface area (Å²) in [6.45, 7) is 7.98. The van der Waals surface area contributed by atoms with E-state index in [-0.39, 0.29) is 33.0 Å². The second kappa shape index (κ2) is 39.3. The lowest BCUT2D eigenvalue weighted by molar-refractivity contribution is -0.371. The summed E-state index contributed by atoms with van der Waals surface area (Å²) in [5, 5.41) is 18.8. The first-order chi connectivity index (χ1) is 22.3. The Morgan fingerprint density at radius 1 is 0.522 bits per heavy atom. The van der Waals surface area contributed by atoms with E-state index >= 15 is 0 Å². The lowest BCUT2D eigenvalue weighted by atomic mass is 9.95. The summed E-state index contributed by atoms with van der Waals surface area (Å²) in [4.78, 5) is 28.3. The smallest absolute Gasteiger partial charge is 0.394 e. The average molecular weight is 684 g/mol. The highest BCUT2D eigenvalue weighted by atomic mass is 31.2. The number of phosphoric ester groups is 1. The number of hydrogen-bond acceptors (Lipinski definition) is 7. The third-order valence-electron chi connectivity index (χ3n) is 8.26. The van der Waals surface area contributed by atoms with E-state index in [2.05, 4.69) is 20.8 Å². The van der Waals surface area contributed by atoms with Crippen molar-refractivity contribution in [2.45, 2.75) is 188 Å². The van der Waals surface area contributed by atoms with Crippen LogP contribution < -0.4 is 0 Å². The van der Waals surface area contributed by atoms with Crippen LogP contribution in [0.15, 0.2) is 0 Å². The van der Waals surface area contributed by atoms with Crippen LogP contribution in [0.1, 0.15) is 188 Å². The van der Waals surface area contributed by atoms with Gasteiger partial charge >= 0.3 is 7.82 Å². The van der Waals surface area contributed by atoms with Crippen LogP contribution in [0.25, 0.3) is 0 Å². The first kappa shape index (κ1) is 48.0. The molecule has 0 aliphatic heterocycles. The second-order valence-corrected chi connectivity index (χ2v) is 14.1. The summed E-state index contributed by atoms with van der Waals surface area (Å²) in [6, 6.07) is 0. The van der Waals surface area contributed by atoms with Gasteiger partial charge in [0, 0.05) is 0 Å². The van der Waals surface area contributed by atoms with Gasteiger partial charge < -0.3 is 20.0 Å². The topological polar surface area (TPSA) is 129 Å². The zero-order valence-corrected chi connectivity index (χ0v) is 31.4. The van der Waals surface area contributed by atoms with Crippen LogP contribution in [0.4, 0.5) is 0 Å². The van der Waals surface area contributed by atoms with Gasteiger partial charge in [0.15, 0.2) is 0 Å². The number of unbranched alkanes of at least 4 members (excludes halogenated alkanes) is 21. The highest BCUT2D eigenvalue weighted by Gasteiger charge is 2.18. The molecule has 46 heavy (non-hydrogen) atoms. The van der Waals surface area contributed by atoms with Crippen molar-refractivity contribution in [3.05, 3.63) is 0 Å². The van der Waals surface area contributed by atoms with Crippen LogP contribution in [0.3, 0.4) is 0 Å². The van der Waals surface area contributed by atoms with E-state index in [4.69, 9.17) is 34.2 Å². The Balaban J connectivity index is 0. The van der Waals surface area contributed by atoms with Gasteiger partial charge in [0.1, 0.15) is 0 Å². The lowest BCUT2D eigenvalue weighted by Gasteiger charge is -2.20. The Hall–Kier alpha value is -0.0900. The maximum atomic E-state index is 11.0. The number of nitrogens with zero attached hydrogens (tertiary/aromatic N) is 1. The third kappa shape index (κ3) is 41.9. The largest absolute Gasteiger partial charge is 0.469 e. The normalized spacial score (nSPS) is 12.4. The van der Waals surface area contributed by atoms with Gasteiger partial charge in [-0.2, -0.15) is 0 Å². The number of aliphatic hydroxyl groups excluding tert-OH is 2. The van der Waals surface area contributed by atoms with Crippen LogP contribution in [0.5, 0.6) is 0 Å². The molecule has 280 valence electrons. The molecule has 0 aromatic rings. The Morgan fingerprint density at radius 3 is 1.17 bits per heavy atom. The molecule has 0 heterocycles. The van der Waals surface area contributed by atoms with Crippen molar-refractivity contribution in [3.63, 3.8) is 0 Å². The summed E-state index contributed by atoms with van der Waals surface area (Å²) in [6.07, 6.45) is 32.8. The van der Waals surface area contributed by atoms with E-state index in [0.717, 1.165) is 38.5 Å². The molecule has 1 unspecified atom stereocenters. The number of hydrogen-bond donors (Lipinski definition) is 4. The van der Waals surface area contributed by atoms with Crippen LogP contribution >= 0.6 is 7.82 Å². The van der Waals surface area contributed by atoms with E-state index in [1.54, 1.807) is 0 Å². The molecular weight excluding hydrogens is 605 g/mol. The molecule has 9 nitrogen and oxygen atoms in total. The molecule has 0 rings (SSSR count). The summed E-state index contributed by atoms with van der Waals surface area (Å²) >= 11 is 0. The van der Waals surface area contributed by atoms with Gasteiger partial charge in [0.2, 0.25) is 0 Å². The summed E-state index contributed by atoms with van der Waals surface area (Å²) < 4.78 is 15.7. The molecule has 0 spiro atoms. The molecule has 0 aromatic carbocycles. The van der Waals surface area contributed by atoms with Crippen LogP contribution in [0, 0.1) is 5.92 Å². The molecular formula is C36H78NO8P. The van der Waals surface area contributed by atoms with E-state index in [1.807, 2.05) is 0 Å². The van der Waals surface area contributed by atoms with Gasteiger partial charge in [0.25, 0.3) is 0 Å². The molecule has 1 atom stereocenters. The van der Waals surface area contributed by atoms with Crippen molar-refractivity contribution in [2.75, 3.05) is 39.6 Å². The van der Waals surface area contributed by atoms with Crippen molar-refractivity contribution in [1.29, 1.82) is 0 Å². The molecule has 0 saturated heterocycles. The monoisotopic (exact) mass is 684 g/mol. The minimum atomic E-state index is -4.33. The Morgan fingerprint density at radius 2 is 0.848 bits per heavy atom. The highest BCUT2D eigenvalue weighted by molar-refractivity contribution is 7.46. The molecule has 0 saturated carbocycles. The minimum Gasteiger partial charge on any atom is -0.394 e. The number of rotatable bonds is 36. The molecule has 0 bridgehead atoms. The maximum Gasteiger partial charge on any atom is 0.469 e. The lowest BCUT2D eigenvalue weighted by Crippen LogP contribution is -2.28. The molecule has 0 radical (unpaired) electrons. The SMILES string of the molecule is CCCCCCCCCCC(CCCCCCCC)COP(=O)(O)O.CCCCCCCCCCCCN(OCCO)OCCO. The fraction of sp³-hybridized carbons (Fsp3) is 1.00. The standard InChI is InChI=1S/C20H43O4P.C16H35NO4/c1-3-5-7-9-11-12-14-16-18-20(19-24-25(21,22)23)17-15-13-10-8-6-4-2;1-2-3-4-5-6-7-8-9-10-11-12-17(20-15-13-18)21-16-14-19/h20H,3-19H2,1-2H3,(H2,21,22,23);18-19H,2-16H2,1H3. The van der Waals surface area contributed by atoms with Gasteiger partial charge in [-0.05, 0) is 25.2 Å². The first-order valence-electron chi connectivity index (χ1n) is 19.3. The van der Waals surface area contributed by atoms with Crippen molar-refractivity contribution >= 4 is 7.82 Å². The Bertz CT molecular complexity index is 603. The van der Waals surface area contributed by atoms with Crippen molar-refractivity contribution in [1.82, 2.24) is 5.23 Å². The van der Waals surface area contributed by atoms with Gasteiger partial charge in [-0.15, -0.1) is 0 Å². The zero-order valence-electron chi connectivity index (χ0n) is 30.5. The summed E-state index contributed by atoms with van der Waals surface area (Å²) in [5.41, 5.74) is 0. The fourth-order valence-electron chi connectivity index (χ4n) is 5.47. The Kier molecular flexibility index (Phi) is 41.1. The molecule has 0 amide bonds. The van der Waals surface area contributed by atoms with E-state index in [0.29, 0.717) is 12.5 Å². The fourth-order valence-corrected chi connectivity index (χ4v) is 5.88. The average Bonchev–Trinajstić information content (AvgIpc) is 3.04. The quantitative estimate of drug-likeness (QED) is 0.0290. The molecule has 10 heteroatoms. The molecule has 4 N–H and O–H groups in total. The highest BCUT2D eigenvalue weighted by Crippen LogP contribution is 2.37. The minimum absolute atomic E-state index is 0.0307. The zero-order chi connectivity index (χ0) is 34.4. The maximum absolute atomic E-state index is 11.0. The van der Waals surface area contributed by atoms with Gasteiger partial charge in [-0.25, -0.2) is 4.57 Å². The number of phosphoric acid groups is 1. The van der Waals surface area contributed by atoms with Crippen molar-refractivity contribution in [3.8, 4) is 0 Å². The molecule has 0 aliphatic carbocycles. The number of aliphatic hydroxyl groups is 2. The van der Waals surface area contributed by atoms with E-state index < -0.39 is 7.82 Å². The van der Waals surface area contributed by atoms with Crippen LogP contribution in [-0.2, 0) is 18.8 Å². The molecule has 0 aliphatic rings. The predicted octanol–water partition coefficient (Wildman–Crippen LogP) is 10.1. The Labute approximate surface area is 284 Å². The van der Waals surface area contributed by atoms with Crippen molar-refractivity contribution in [2.24, 2.45) is 5.92 Å². The number of hydroxylamine groups is 2. The van der Waals surface area contributed by atoms with Gasteiger partial charge in [-0.1, -0.05) is 174 Å². The predicted molar refractivity (Wildman–Crippen MR) is 191 cm³/mol. The van der Waals surface area contributed by atoms with E-state index in [1.165, 1.54) is 134 Å². The van der Waals surface area contributed by atoms with Crippen LogP contribution in [-0.4, -0.2) is 64.8 Å². The van der Waals surface area contributed by atoms with Crippen molar-refractivity contribution < 1.29 is 38.8 Å². The second-order valence-electron chi connectivity index (χ2n) is 12.8. The summed E-state index contributed by atoms with van der Waals surface area (Å²) in [5.74, 6) is 0.291. The van der Waals surface area contributed by atoms with Gasteiger partial charge in [0.05, 0.1) is 39.6 Å². The van der Waals surface area contributed by atoms with Crippen LogP contribution in [0.2, 0.25) is 0 Å². The third-order valence-corrected chi connectivity index (χ3v) is 8.74. The first-order valence-corrected chi connectivity index (χ1v) is 20.8. The molecule has 0 aromatic heterocycles.